The molecule has 1 spiro atoms. The lowest BCUT2D eigenvalue weighted by Crippen LogP contribution is -2.56. The molecule has 7 heteroatoms. The average Bonchev–Trinajstić information content (AvgIpc) is 3.04. The second-order valence-electron chi connectivity index (χ2n) is 10.5. The number of carboxylic acid groups (broad SMARTS) is 1. The highest BCUT2D eigenvalue weighted by Gasteiger charge is 2.71. The van der Waals surface area contributed by atoms with Gasteiger partial charge in [-0.3, -0.25) is 9.59 Å². The zero-order valence-corrected chi connectivity index (χ0v) is 18.0. The van der Waals surface area contributed by atoms with Crippen LogP contribution in [0.1, 0.15) is 59.3 Å². The van der Waals surface area contributed by atoms with Gasteiger partial charge in [0.05, 0.1) is 18.3 Å². The van der Waals surface area contributed by atoms with Crippen molar-refractivity contribution < 1.29 is 29.3 Å². The van der Waals surface area contributed by atoms with Crippen LogP contribution in [0.25, 0.3) is 0 Å². The predicted molar refractivity (Wildman–Crippen MR) is 108 cm³/mol. The molecule has 3 N–H and O–H groups in total. The van der Waals surface area contributed by atoms with Gasteiger partial charge in [-0.15, -0.1) is 0 Å². The lowest BCUT2D eigenvalue weighted by molar-refractivity contribution is -0.169. The Balaban J connectivity index is 1.41. The van der Waals surface area contributed by atoms with Crippen molar-refractivity contribution in [1.29, 1.82) is 0 Å². The average molecular weight is 420 g/mol. The van der Waals surface area contributed by atoms with Crippen molar-refractivity contribution in [3.63, 3.8) is 0 Å². The van der Waals surface area contributed by atoms with Crippen molar-refractivity contribution in [2.45, 2.75) is 77.0 Å². The molecule has 2 aliphatic heterocycles. The quantitative estimate of drug-likeness (QED) is 0.555. The molecule has 5 aliphatic rings. The molecule has 1 amide bonds. The Morgan fingerprint density at radius 2 is 2.10 bits per heavy atom. The summed E-state index contributed by atoms with van der Waals surface area (Å²) in [6.45, 7) is 5.40. The Labute approximate surface area is 177 Å². The minimum atomic E-state index is -1.29. The van der Waals surface area contributed by atoms with Gasteiger partial charge in [-0.2, -0.15) is 0 Å². The number of rotatable bonds is 8. The van der Waals surface area contributed by atoms with Crippen LogP contribution >= 0.6 is 0 Å². The summed E-state index contributed by atoms with van der Waals surface area (Å²) >= 11 is 0. The molecule has 0 aromatic rings. The van der Waals surface area contributed by atoms with E-state index < -0.39 is 30.0 Å². The van der Waals surface area contributed by atoms with E-state index in [1.807, 2.05) is 0 Å². The number of ketones is 1. The third-order valence-corrected chi connectivity index (χ3v) is 8.49. The number of amides is 1. The fraction of sp³-hybridized carbons (Fsp3) is 0.783. The number of carbonyl (C=O) groups is 3. The highest BCUT2D eigenvalue weighted by molar-refractivity contribution is 5.96. The number of hydrogen-bond acceptors (Lipinski definition) is 5. The standard InChI is InChI=1S/C23H33NO6/c1-13(19(27)24-15(11-25)20(28)29)5-4-7-21(2)17(26)6-8-23-10-14-9-16(18(21)23)30-22(14,3)12-23/h6,8,13-16,18,25H,4-5,7,9-12H2,1-3H3,(H,24,27)(H,28,29)/t13-,14+,15-,16-,18?,21+,22-,23-/m0/s1. The SMILES string of the molecule is C[C@@H](CCC[C@]1(C)C(=O)C=C[C@]23C[C@H]4C[C@H](O[C@@]4(C)C2)C31)C(=O)N[C@@H](CO)C(=O)O. The third-order valence-electron chi connectivity index (χ3n) is 8.49. The first-order valence-electron chi connectivity index (χ1n) is 11.1. The van der Waals surface area contributed by atoms with Gasteiger partial charge in [0.1, 0.15) is 6.04 Å². The lowest BCUT2D eigenvalue weighted by atomic mass is 9.51. The number of hydrogen-bond donors (Lipinski definition) is 3. The van der Waals surface area contributed by atoms with Gasteiger partial charge >= 0.3 is 5.97 Å². The van der Waals surface area contributed by atoms with E-state index in [2.05, 4.69) is 25.2 Å². The van der Waals surface area contributed by atoms with E-state index >= 15 is 0 Å². The number of allylic oxidation sites excluding steroid dienone is 2. The van der Waals surface area contributed by atoms with Crippen LogP contribution in [0.15, 0.2) is 12.2 Å². The third kappa shape index (κ3) is 3.12. The molecule has 7 nitrogen and oxygen atoms in total. The maximum absolute atomic E-state index is 13.0. The first-order valence-corrected chi connectivity index (χ1v) is 11.1. The number of carbonyl (C=O) groups excluding carboxylic acids is 2. The predicted octanol–water partition coefficient (Wildman–Crippen LogP) is 2.07. The zero-order valence-electron chi connectivity index (χ0n) is 18.0. The molecule has 0 radical (unpaired) electrons. The van der Waals surface area contributed by atoms with E-state index in [4.69, 9.17) is 14.9 Å². The number of aliphatic hydroxyl groups is 1. The normalized spacial score (nSPS) is 42.8. The van der Waals surface area contributed by atoms with Crippen LogP contribution in [0.5, 0.6) is 0 Å². The molecular weight excluding hydrogens is 386 g/mol. The Bertz CT molecular complexity index is 795. The van der Waals surface area contributed by atoms with E-state index in [1.54, 1.807) is 13.0 Å². The molecule has 1 unspecified atom stereocenters. The summed E-state index contributed by atoms with van der Waals surface area (Å²) in [5, 5.41) is 20.5. The first-order chi connectivity index (χ1) is 14.0. The number of ether oxygens (including phenoxy) is 1. The van der Waals surface area contributed by atoms with E-state index in [9.17, 15) is 14.4 Å². The number of aliphatic hydroxyl groups excluding tert-OH is 1. The zero-order chi connectivity index (χ0) is 21.9. The molecule has 5 rings (SSSR count). The van der Waals surface area contributed by atoms with Gasteiger partial charge in [-0.05, 0) is 56.4 Å². The van der Waals surface area contributed by atoms with Crippen LogP contribution in [-0.2, 0) is 19.1 Å². The Morgan fingerprint density at radius 1 is 1.37 bits per heavy atom. The summed E-state index contributed by atoms with van der Waals surface area (Å²) in [6, 6.07) is -1.29. The molecule has 2 saturated heterocycles. The maximum Gasteiger partial charge on any atom is 0.328 e. The van der Waals surface area contributed by atoms with E-state index in [-0.39, 0.29) is 34.7 Å². The fourth-order valence-corrected chi connectivity index (χ4v) is 7.05. The second kappa shape index (κ2) is 7.16. The van der Waals surface area contributed by atoms with Crippen molar-refractivity contribution in [3.05, 3.63) is 12.2 Å². The van der Waals surface area contributed by atoms with Crippen molar-refractivity contribution >= 4 is 17.7 Å². The molecule has 4 fully saturated rings. The molecule has 2 saturated carbocycles. The van der Waals surface area contributed by atoms with Gasteiger partial charge in [-0.1, -0.05) is 26.3 Å². The molecule has 166 valence electrons. The molecule has 0 aromatic carbocycles. The maximum atomic E-state index is 13.0. The van der Waals surface area contributed by atoms with Crippen LogP contribution < -0.4 is 5.32 Å². The summed E-state index contributed by atoms with van der Waals surface area (Å²) in [7, 11) is 0. The number of nitrogens with one attached hydrogen (secondary N) is 1. The Morgan fingerprint density at radius 3 is 2.73 bits per heavy atom. The lowest BCUT2D eigenvalue weighted by Gasteiger charge is -2.55. The molecule has 2 heterocycles. The van der Waals surface area contributed by atoms with Crippen LogP contribution in [0, 0.1) is 28.6 Å². The van der Waals surface area contributed by atoms with Gasteiger partial charge in [0, 0.05) is 17.3 Å². The number of carboxylic acids is 1. The van der Waals surface area contributed by atoms with Crippen molar-refractivity contribution in [3.8, 4) is 0 Å². The summed E-state index contributed by atoms with van der Waals surface area (Å²) < 4.78 is 6.46. The van der Waals surface area contributed by atoms with Gasteiger partial charge in [0.15, 0.2) is 5.78 Å². The van der Waals surface area contributed by atoms with Gasteiger partial charge in [0.25, 0.3) is 0 Å². The smallest absolute Gasteiger partial charge is 0.328 e. The first kappa shape index (κ1) is 21.5. The largest absolute Gasteiger partial charge is 0.480 e. The van der Waals surface area contributed by atoms with E-state index in [0.717, 1.165) is 19.3 Å². The molecule has 8 atom stereocenters. The molecule has 0 aromatic heterocycles. The fourth-order valence-electron chi connectivity index (χ4n) is 7.05. The van der Waals surface area contributed by atoms with Crippen molar-refractivity contribution in [2.75, 3.05) is 6.61 Å². The van der Waals surface area contributed by atoms with Gasteiger partial charge in [0.2, 0.25) is 5.91 Å². The molecule has 3 aliphatic carbocycles. The minimum Gasteiger partial charge on any atom is -0.480 e. The van der Waals surface area contributed by atoms with Gasteiger partial charge in [-0.25, -0.2) is 4.79 Å². The monoisotopic (exact) mass is 419 g/mol. The summed E-state index contributed by atoms with van der Waals surface area (Å²) in [5.74, 6) is -1.11. The summed E-state index contributed by atoms with van der Waals surface area (Å²) in [5.41, 5.74) is -0.490. The highest BCUT2D eigenvalue weighted by Crippen LogP contribution is 2.71. The Hall–Kier alpha value is -1.73. The molecule has 30 heavy (non-hydrogen) atoms. The van der Waals surface area contributed by atoms with Crippen LogP contribution in [0.3, 0.4) is 0 Å². The van der Waals surface area contributed by atoms with E-state index in [0.29, 0.717) is 25.2 Å². The van der Waals surface area contributed by atoms with Crippen LogP contribution in [0.4, 0.5) is 0 Å². The summed E-state index contributed by atoms with van der Waals surface area (Å²) in [4.78, 5) is 36.3. The summed E-state index contributed by atoms with van der Waals surface area (Å²) in [6.07, 6.45) is 9.15. The van der Waals surface area contributed by atoms with Crippen molar-refractivity contribution in [1.82, 2.24) is 5.32 Å². The number of aliphatic carboxylic acids is 1. The topological polar surface area (TPSA) is 113 Å². The Kier molecular flexibility index (Phi) is 5.13. The molecule has 4 bridgehead atoms. The van der Waals surface area contributed by atoms with E-state index in [1.165, 1.54) is 0 Å². The van der Waals surface area contributed by atoms with Crippen molar-refractivity contribution in [2.24, 2.45) is 28.6 Å². The minimum absolute atomic E-state index is 0.0488. The van der Waals surface area contributed by atoms with Crippen LogP contribution in [0.2, 0.25) is 0 Å². The highest BCUT2D eigenvalue weighted by atomic mass is 16.5. The molecular formula is C23H33NO6. The second-order valence-corrected chi connectivity index (χ2v) is 10.5. The van der Waals surface area contributed by atoms with Crippen LogP contribution in [-0.4, -0.2) is 52.2 Å². The van der Waals surface area contributed by atoms with Gasteiger partial charge < -0.3 is 20.3 Å².